The van der Waals surface area contributed by atoms with E-state index in [9.17, 15) is 14.7 Å². The molecule has 0 aromatic heterocycles. The number of aliphatic carboxylic acids is 1. The summed E-state index contributed by atoms with van der Waals surface area (Å²) in [5, 5.41) is 9.25. The van der Waals surface area contributed by atoms with Gasteiger partial charge in [0.25, 0.3) is 0 Å². The second-order valence-corrected chi connectivity index (χ2v) is 9.42. The molecule has 0 radical (unpaired) electrons. The van der Waals surface area contributed by atoms with Gasteiger partial charge in [-0.3, -0.25) is 9.69 Å². The lowest BCUT2D eigenvalue weighted by atomic mass is 9.85. The molecule has 2 rings (SSSR count). The topological polar surface area (TPSA) is 83.6 Å². The van der Waals surface area contributed by atoms with E-state index in [1.807, 2.05) is 49.1 Å². The zero-order chi connectivity index (χ0) is 22.3. The maximum atomic E-state index is 13.0. The third-order valence-corrected chi connectivity index (χ3v) is 5.41. The van der Waals surface area contributed by atoms with Gasteiger partial charge in [-0.25, -0.2) is 4.79 Å². The van der Waals surface area contributed by atoms with E-state index >= 15 is 0 Å². The van der Waals surface area contributed by atoms with Crippen LogP contribution in [-0.4, -0.2) is 51.3 Å². The second kappa shape index (κ2) is 11.1. The zero-order valence-electron chi connectivity index (χ0n) is 17.5. The van der Waals surface area contributed by atoms with Crippen LogP contribution in [0, 0.1) is 0 Å². The van der Waals surface area contributed by atoms with Gasteiger partial charge in [-0.15, -0.1) is 23.2 Å². The molecule has 1 aromatic rings. The summed E-state index contributed by atoms with van der Waals surface area (Å²) < 4.78 is 0. The van der Waals surface area contributed by atoms with E-state index in [-0.39, 0.29) is 40.5 Å². The van der Waals surface area contributed by atoms with Crippen LogP contribution in [0.25, 0.3) is 0 Å². The van der Waals surface area contributed by atoms with Crippen molar-refractivity contribution < 1.29 is 14.7 Å². The first kappa shape index (κ1) is 24.6. The van der Waals surface area contributed by atoms with Crippen LogP contribution in [0.2, 0.25) is 0 Å². The molecular formula is C23H30Cl2N2O3. The van der Waals surface area contributed by atoms with Crippen LogP contribution < -0.4 is 5.73 Å². The number of ketones is 1. The number of carboxylic acids is 1. The number of aryl methyl sites for hydroxylation is 1. The zero-order valence-corrected chi connectivity index (χ0v) is 19.0. The first-order valence-electron chi connectivity index (χ1n) is 10.2. The van der Waals surface area contributed by atoms with Gasteiger partial charge in [-0.1, -0.05) is 30.3 Å². The number of alkyl halides is 2. The molecule has 3 N–H and O–H groups in total. The van der Waals surface area contributed by atoms with Gasteiger partial charge in [-0.2, -0.15) is 0 Å². The lowest BCUT2D eigenvalue weighted by molar-refractivity contribution is -0.132. The van der Waals surface area contributed by atoms with Gasteiger partial charge in [0.1, 0.15) is 0 Å². The number of hydrogen-bond donors (Lipinski definition) is 2. The summed E-state index contributed by atoms with van der Waals surface area (Å²) >= 11 is 12.4. The molecule has 1 aromatic carbocycles. The molecule has 1 aliphatic rings. The standard InChI is InChI=1S/C23H30Cl2N2O3/c1-16(24)14-27(15-17(2)25)23(26)12-11-19(22(29)30)20(13-23)21(28)10-6-9-18-7-4-3-5-8-18/h3-5,7-8,11-12,16-17H,6,9-10,13-15,26H2,1-2H3,(H,29,30). The molecule has 3 atom stereocenters. The molecule has 0 saturated carbocycles. The number of nitrogens with two attached hydrogens (primary N) is 1. The van der Waals surface area contributed by atoms with Gasteiger partial charge in [0.05, 0.1) is 11.2 Å². The summed E-state index contributed by atoms with van der Waals surface area (Å²) in [5.74, 6) is -1.30. The summed E-state index contributed by atoms with van der Waals surface area (Å²) in [6.07, 6.45) is 4.87. The predicted octanol–water partition coefficient (Wildman–Crippen LogP) is 4.13. The number of carboxylic acid groups (broad SMARTS) is 1. The number of Topliss-reactive ketones (excluding diaryl/α,β-unsaturated/α-hetero) is 1. The van der Waals surface area contributed by atoms with Gasteiger partial charge in [0, 0.05) is 42.3 Å². The van der Waals surface area contributed by atoms with Crippen LogP contribution >= 0.6 is 23.2 Å². The Morgan fingerprint density at radius 2 is 1.77 bits per heavy atom. The van der Waals surface area contributed by atoms with Crippen LogP contribution in [0.5, 0.6) is 0 Å². The normalized spacial score (nSPS) is 21.0. The molecule has 164 valence electrons. The minimum Gasteiger partial charge on any atom is -0.478 e. The van der Waals surface area contributed by atoms with E-state index in [0.29, 0.717) is 19.5 Å². The Morgan fingerprint density at radius 1 is 1.17 bits per heavy atom. The summed E-state index contributed by atoms with van der Waals surface area (Å²) in [5.41, 5.74) is 7.05. The lowest BCUT2D eigenvalue weighted by Crippen LogP contribution is -2.58. The number of carbonyl (C=O) groups is 2. The molecule has 0 amide bonds. The average Bonchev–Trinajstić information content (AvgIpc) is 2.67. The smallest absolute Gasteiger partial charge is 0.336 e. The lowest BCUT2D eigenvalue weighted by Gasteiger charge is -2.42. The van der Waals surface area contributed by atoms with Crippen LogP contribution in [0.1, 0.15) is 38.7 Å². The maximum Gasteiger partial charge on any atom is 0.336 e. The number of halogens is 2. The Labute approximate surface area is 188 Å². The molecule has 7 heteroatoms. The average molecular weight is 453 g/mol. The molecule has 0 heterocycles. The molecule has 0 saturated heterocycles. The molecule has 3 unspecified atom stereocenters. The summed E-state index contributed by atoms with van der Waals surface area (Å²) in [7, 11) is 0. The number of nitrogens with zero attached hydrogens (tertiary/aromatic N) is 1. The SMILES string of the molecule is CC(Cl)CN(CC(C)Cl)C1(N)C=CC(C(=O)O)=C(C(=O)CCCc2ccccc2)C1. The Kier molecular flexibility index (Phi) is 9.10. The Hall–Kier alpha value is -1.66. The quantitative estimate of drug-likeness (QED) is 0.389. The highest BCUT2D eigenvalue weighted by Gasteiger charge is 2.38. The molecule has 5 nitrogen and oxygen atoms in total. The third-order valence-electron chi connectivity index (χ3n) is 5.14. The number of hydrogen-bond acceptors (Lipinski definition) is 4. The number of rotatable bonds is 11. The molecule has 30 heavy (non-hydrogen) atoms. The monoisotopic (exact) mass is 452 g/mol. The summed E-state index contributed by atoms with van der Waals surface area (Å²) in [4.78, 5) is 26.6. The first-order valence-corrected chi connectivity index (χ1v) is 11.0. The first-order chi connectivity index (χ1) is 14.1. The van der Waals surface area contributed by atoms with Crippen LogP contribution in [0.4, 0.5) is 0 Å². The van der Waals surface area contributed by atoms with Crippen molar-refractivity contribution in [1.29, 1.82) is 0 Å². The van der Waals surface area contributed by atoms with Crippen molar-refractivity contribution in [2.45, 2.75) is 55.9 Å². The highest BCUT2D eigenvalue weighted by Crippen LogP contribution is 2.31. The van der Waals surface area contributed by atoms with E-state index in [1.165, 1.54) is 6.08 Å². The predicted molar refractivity (Wildman–Crippen MR) is 122 cm³/mol. The Morgan fingerprint density at radius 3 is 2.30 bits per heavy atom. The largest absolute Gasteiger partial charge is 0.478 e. The fourth-order valence-electron chi connectivity index (χ4n) is 3.70. The fraction of sp³-hybridized carbons (Fsp3) is 0.478. The van der Waals surface area contributed by atoms with Crippen molar-refractivity contribution in [1.82, 2.24) is 4.90 Å². The van der Waals surface area contributed by atoms with Crippen LogP contribution in [0.15, 0.2) is 53.6 Å². The Bertz CT molecular complexity index is 796. The van der Waals surface area contributed by atoms with Gasteiger partial charge in [-0.05, 0) is 44.4 Å². The van der Waals surface area contributed by atoms with E-state index in [2.05, 4.69) is 0 Å². The van der Waals surface area contributed by atoms with E-state index in [4.69, 9.17) is 28.9 Å². The molecule has 0 bridgehead atoms. The van der Waals surface area contributed by atoms with Gasteiger partial charge in [0.15, 0.2) is 5.78 Å². The highest BCUT2D eigenvalue weighted by molar-refractivity contribution is 6.21. The minimum atomic E-state index is -1.12. The van der Waals surface area contributed by atoms with Crippen molar-refractivity contribution in [3.8, 4) is 0 Å². The fourth-order valence-corrected chi connectivity index (χ4v) is 4.04. The van der Waals surface area contributed by atoms with Gasteiger partial charge < -0.3 is 10.8 Å². The summed E-state index contributed by atoms with van der Waals surface area (Å²) in [6.45, 7) is 4.66. The van der Waals surface area contributed by atoms with Crippen molar-refractivity contribution in [2.24, 2.45) is 5.73 Å². The number of carbonyl (C=O) groups excluding carboxylic acids is 1. The molecule has 0 fully saturated rings. The van der Waals surface area contributed by atoms with Gasteiger partial charge in [0.2, 0.25) is 0 Å². The van der Waals surface area contributed by atoms with Gasteiger partial charge >= 0.3 is 5.97 Å². The Balaban J connectivity index is 2.18. The number of benzene rings is 1. The molecule has 0 aliphatic heterocycles. The van der Waals surface area contributed by atoms with E-state index < -0.39 is 11.6 Å². The van der Waals surface area contributed by atoms with Crippen molar-refractivity contribution >= 4 is 35.0 Å². The van der Waals surface area contributed by atoms with Crippen molar-refractivity contribution in [3.05, 3.63) is 59.2 Å². The van der Waals surface area contributed by atoms with Crippen molar-refractivity contribution in [3.63, 3.8) is 0 Å². The summed E-state index contributed by atoms with van der Waals surface area (Å²) in [6, 6.07) is 9.89. The van der Waals surface area contributed by atoms with Crippen molar-refractivity contribution in [2.75, 3.05) is 13.1 Å². The molecule has 1 aliphatic carbocycles. The minimum absolute atomic E-state index is 0.0126. The second-order valence-electron chi connectivity index (χ2n) is 7.93. The van der Waals surface area contributed by atoms with E-state index in [1.54, 1.807) is 6.08 Å². The third kappa shape index (κ3) is 6.95. The van der Waals surface area contributed by atoms with E-state index in [0.717, 1.165) is 12.0 Å². The van der Waals surface area contributed by atoms with Crippen LogP contribution in [0.3, 0.4) is 0 Å². The molecule has 0 spiro atoms. The maximum absolute atomic E-state index is 13.0. The van der Waals surface area contributed by atoms with Crippen LogP contribution in [-0.2, 0) is 16.0 Å². The highest BCUT2D eigenvalue weighted by atomic mass is 35.5. The molecular weight excluding hydrogens is 423 g/mol.